The number of carbonyl (C=O) groups is 2. The maximum absolute atomic E-state index is 11.5. The Morgan fingerprint density at radius 1 is 1.24 bits per heavy atom. The summed E-state index contributed by atoms with van der Waals surface area (Å²) in [4.78, 5) is 22.4. The molecule has 0 aromatic heterocycles. The highest BCUT2D eigenvalue weighted by molar-refractivity contribution is 5.80. The minimum atomic E-state index is -0.915. The van der Waals surface area contributed by atoms with Gasteiger partial charge in [-0.3, -0.25) is 14.9 Å². The maximum atomic E-state index is 11.5. The number of rotatable bonds is 6. The van der Waals surface area contributed by atoms with E-state index in [1.54, 1.807) is 0 Å². The van der Waals surface area contributed by atoms with Gasteiger partial charge in [-0.15, -0.1) is 0 Å². The number of nitrogens with one attached hydrogen (secondary N) is 2. The van der Waals surface area contributed by atoms with Crippen LogP contribution in [-0.4, -0.2) is 35.1 Å². The lowest BCUT2D eigenvalue weighted by molar-refractivity contribution is -0.140. The van der Waals surface area contributed by atoms with E-state index < -0.39 is 12.0 Å². The zero-order chi connectivity index (χ0) is 13.6. The number of hydrogen-bond acceptors (Lipinski definition) is 3. The van der Waals surface area contributed by atoms with Crippen molar-refractivity contribution in [3.05, 3.63) is 0 Å². The zero-order valence-electron chi connectivity index (χ0n) is 11.3. The third kappa shape index (κ3) is 8.68. The Labute approximate surface area is 103 Å². The van der Waals surface area contributed by atoms with Crippen LogP contribution in [0.25, 0.3) is 0 Å². The van der Waals surface area contributed by atoms with E-state index in [2.05, 4.69) is 10.6 Å². The van der Waals surface area contributed by atoms with Crippen molar-refractivity contribution in [2.75, 3.05) is 6.54 Å². The van der Waals surface area contributed by atoms with Gasteiger partial charge in [-0.2, -0.15) is 0 Å². The van der Waals surface area contributed by atoms with Gasteiger partial charge >= 0.3 is 5.97 Å². The van der Waals surface area contributed by atoms with Gasteiger partial charge < -0.3 is 10.4 Å². The monoisotopic (exact) mass is 244 g/mol. The Morgan fingerprint density at radius 3 is 2.12 bits per heavy atom. The molecule has 17 heavy (non-hydrogen) atoms. The minimum Gasteiger partial charge on any atom is -0.480 e. The highest BCUT2D eigenvalue weighted by Crippen LogP contribution is 2.04. The van der Waals surface area contributed by atoms with Crippen molar-refractivity contribution >= 4 is 11.9 Å². The second-order valence-electron chi connectivity index (χ2n) is 5.70. The zero-order valence-corrected chi connectivity index (χ0v) is 11.3. The highest BCUT2D eigenvalue weighted by Gasteiger charge is 2.20. The molecule has 5 nitrogen and oxygen atoms in total. The third-order valence-electron chi connectivity index (χ3n) is 2.03. The van der Waals surface area contributed by atoms with Crippen LogP contribution in [0.3, 0.4) is 0 Å². The highest BCUT2D eigenvalue weighted by atomic mass is 16.4. The van der Waals surface area contributed by atoms with Crippen LogP contribution in [-0.2, 0) is 9.59 Å². The van der Waals surface area contributed by atoms with Crippen LogP contribution < -0.4 is 10.6 Å². The van der Waals surface area contributed by atoms with Crippen LogP contribution in [0.5, 0.6) is 0 Å². The van der Waals surface area contributed by atoms with Crippen molar-refractivity contribution in [2.45, 2.75) is 52.6 Å². The molecule has 0 saturated heterocycles. The van der Waals surface area contributed by atoms with Gasteiger partial charge in [0.2, 0.25) is 5.91 Å². The van der Waals surface area contributed by atoms with E-state index in [1.165, 1.54) is 0 Å². The van der Waals surface area contributed by atoms with E-state index >= 15 is 0 Å². The summed E-state index contributed by atoms with van der Waals surface area (Å²) < 4.78 is 0. The Bertz CT molecular complexity index is 269. The van der Waals surface area contributed by atoms with Gasteiger partial charge in [-0.25, -0.2) is 0 Å². The van der Waals surface area contributed by atoms with Crippen LogP contribution in [0.2, 0.25) is 0 Å². The fraction of sp³-hybridized carbons (Fsp3) is 0.833. The quantitative estimate of drug-likeness (QED) is 0.651. The molecule has 100 valence electrons. The summed E-state index contributed by atoms with van der Waals surface area (Å²) in [5.74, 6) is -0.830. The number of carboxylic acid groups (broad SMARTS) is 1. The first-order valence-corrected chi connectivity index (χ1v) is 5.89. The Kier molecular flexibility index (Phi) is 6.16. The standard InChI is InChI=1S/C12H24N2O3/c1-8(2)6-9(11(16)17)13-7-10(15)14-12(3,4)5/h8-9,13H,6-7H2,1-5H3,(H,14,15)(H,16,17). The molecule has 0 radical (unpaired) electrons. The van der Waals surface area contributed by atoms with Crippen LogP contribution in [0.1, 0.15) is 41.0 Å². The van der Waals surface area contributed by atoms with Crippen molar-refractivity contribution in [3.8, 4) is 0 Å². The lowest BCUT2D eigenvalue weighted by Crippen LogP contribution is -2.48. The molecule has 0 aliphatic rings. The van der Waals surface area contributed by atoms with Crippen molar-refractivity contribution in [1.29, 1.82) is 0 Å². The molecule has 0 fully saturated rings. The first-order valence-electron chi connectivity index (χ1n) is 5.89. The third-order valence-corrected chi connectivity index (χ3v) is 2.03. The van der Waals surface area contributed by atoms with E-state index in [9.17, 15) is 9.59 Å². The molecule has 0 saturated carbocycles. The molecule has 0 rings (SSSR count). The lowest BCUT2D eigenvalue weighted by Gasteiger charge is -2.22. The predicted molar refractivity (Wildman–Crippen MR) is 66.8 cm³/mol. The van der Waals surface area contributed by atoms with Crippen LogP contribution >= 0.6 is 0 Å². The minimum absolute atomic E-state index is 0.0287. The van der Waals surface area contributed by atoms with Crippen molar-refractivity contribution in [2.24, 2.45) is 5.92 Å². The average Bonchev–Trinajstić information content (AvgIpc) is 2.08. The van der Waals surface area contributed by atoms with Gasteiger partial charge in [-0.1, -0.05) is 13.8 Å². The lowest BCUT2D eigenvalue weighted by atomic mass is 10.0. The average molecular weight is 244 g/mol. The molecule has 0 aliphatic heterocycles. The smallest absolute Gasteiger partial charge is 0.320 e. The fourth-order valence-corrected chi connectivity index (χ4v) is 1.42. The molecule has 0 bridgehead atoms. The van der Waals surface area contributed by atoms with E-state index in [0.29, 0.717) is 6.42 Å². The second kappa shape index (κ2) is 6.59. The Balaban J connectivity index is 4.13. The van der Waals surface area contributed by atoms with E-state index in [0.717, 1.165) is 0 Å². The van der Waals surface area contributed by atoms with Gasteiger partial charge in [0.05, 0.1) is 6.54 Å². The molecule has 1 unspecified atom stereocenters. The second-order valence-corrected chi connectivity index (χ2v) is 5.70. The number of carbonyl (C=O) groups excluding carboxylic acids is 1. The van der Waals surface area contributed by atoms with E-state index in [4.69, 9.17) is 5.11 Å². The first-order chi connectivity index (χ1) is 7.61. The van der Waals surface area contributed by atoms with Crippen molar-refractivity contribution in [3.63, 3.8) is 0 Å². The Morgan fingerprint density at radius 2 is 1.76 bits per heavy atom. The summed E-state index contributed by atoms with van der Waals surface area (Å²) in [7, 11) is 0. The molecule has 1 amide bonds. The van der Waals surface area contributed by atoms with E-state index in [1.807, 2.05) is 34.6 Å². The van der Waals surface area contributed by atoms with Gasteiger partial charge in [0.15, 0.2) is 0 Å². The van der Waals surface area contributed by atoms with Gasteiger partial charge in [0, 0.05) is 5.54 Å². The largest absolute Gasteiger partial charge is 0.480 e. The maximum Gasteiger partial charge on any atom is 0.320 e. The molecule has 0 aliphatic carbocycles. The fourth-order valence-electron chi connectivity index (χ4n) is 1.42. The van der Waals surface area contributed by atoms with Crippen LogP contribution in [0.4, 0.5) is 0 Å². The summed E-state index contributed by atoms with van der Waals surface area (Å²) in [5, 5.41) is 14.5. The summed E-state index contributed by atoms with van der Waals surface area (Å²) in [6, 6.07) is -0.666. The molecular formula is C12H24N2O3. The number of amides is 1. The van der Waals surface area contributed by atoms with Gasteiger partial charge in [0.1, 0.15) is 6.04 Å². The molecule has 0 aromatic rings. The molecule has 0 aromatic carbocycles. The summed E-state index contributed by atoms with van der Waals surface area (Å²) in [6.07, 6.45) is 0.512. The first kappa shape index (κ1) is 15.9. The topological polar surface area (TPSA) is 78.4 Å². The molecule has 0 spiro atoms. The van der Waals surface area contributed by atoms with Gasteiger partial charge in [0.25, 0.3) is 0 Å². The predicted octanol–water partition coefficient (Wildman–Crippen LogP) is 0.990. The SMILES string of the molecule is CC(C)CC(NCC(=O)NC(C)(C)C)C(=O)O. The number of hydrogen-bond donors (Lipinski definition) is 3. The number of carboxylic acids is 1. The van der Waals surface area contributed by atoms with Crippen molar-refractivity contribution < 1.29 is 14.7 Å². The Hall–Kier alpha value is -1.10. The van der Waals surface area contributed by atoms with E-state index in [-0.39, 0.29) is 23.9 Å². The summed E-state index contributed by atoms with van der Waals surface area (Å²) in [5.41, 5.74) is -0.296. The summed E-state index contributed by atoms with van der Waals surface area (Å²) >= 11 is 0. The summed E-state index contributed by atoms with van der Waals surface area (Å²) in [6.45, 7) is 9.58. The molecule has 1 atom stereocenters. The molecule has 0 heterocycles. The van der Waals surface area contributed by atoms with Crippen LogP contribution in [0, 0.1) is 5.92 Å². The molecular weight excluding hydrogens is 220 g/mol. The molecule has 3 N–H and O–H groups in total. The van der Waals surface area contributed by atoms with Crippen molar-refractivity contribution in [1.82, 2.24) is 10.6 Å². The van der Waals surface area contributed by atoms with Gasteiger partial charge in [-0.05, 0) is 33.1 Å². The number of aliphatic carboxylic acids is 1. The molecule has 5 heteroatoms. The normalized spacial score (nSPS) is 13.5. The van der Waals surface area contributed by atoms with Crippen LogP contribution in [0.15, 0.2) is 0 Å².